The van der Waals surface area contributed by atoms with Gasteiger partial charge in [0.05, 0.1) is 5.69 Å². The minimum Gasteiger partial charge on any atom is -0.350 e. The van der Waals surface area contributed by atoms with E-state index in [2.05, 4.69) is 64.7 Å². The Bertz CT molecular complexity index is 743. The van der Waals surface area contributed by atoms with Crippen molar-refractivity contribution in [1.82, 2.24) is 9.80 Å². The lowest BCUT2D eigenvalue weighted by molar-refractivity contribution is -0.121. The van der Waals surface area contributed by atoms with Crippen LogP contribution >= 0.6 is 0 Å². The van der Waals surface area contributed by atoms with Crippen LogP contribution in [0.2, 0.25) is 0 Å². The Labute approximate surface area is 176 Å². The molecule has 2 rings (SSSR count). The van der Waals surface area contributed by atoms with Gasteiger partial charge in [-0.05, 0) is 49.9 Å². The Hall–Kier alpha value is -3.15. The molecule has 0 saturated heterocycles. The van der Waals surface area contributed by atoms with Crippen LogP contribution in [0.3, 0.4) is 0 Å². The lowest BCUT2D eigenvalue weighted by atomic mass is 10.2. The molecule has 0 aliphatic carbocycles. The van der Waals surface area contributed by atoms with Crippen LogP contribution in [0, 0.1) is 0 Å². The van der Waals surface area contributed by atoms with E-state index in [0.717, 1.165) is 17.8 Å². The SMILES string of the molecule is C=NC.CC.CC1=CN(/C=C/c2ccc(NN=C(C)C(=O)N(C)C)cc2)CC=C1. The second kappa shape index (κ2) is 14.9. The summed E-state index contributed by atoms with van der Waals surface area (Å²) in [5, 5.41) is 4.11. The Morgan fingerprint density at radius 1 is 1.24 bits per heavy atom. The fourth-order valence-electron chi connectivity index (χ4n) is 2.19. The van der Waals surface area contributed by atoms with Gasteiger partial charge in [-0.1, -0.05) is 38.1 Å². The number of carbonyl (C=O) groups excluding carboxylic acids is 1. The first kappa shape index (κ1) is 25.9. The zero-order chi connectivity index (χ0) is 22.2. The lowest BCUT2D eigenvalue weighted by Crippen LogP contribution is -2.28. The largest absolute Gasteiger partial charge is 0.350 e. The highest BCUT2D eigenvalue weighted by Crippen LogP contribution is 2.13. The highest BCUT2D eigenvalue weighted by molar-refractivity contribution is 6.37. The molecule has 6 heteroatoms. The third kappa shape index (κ3) is 10.7. The molecule has 0 radical (unpaired) electrons. The van der Waals surface area contributed by atoms with Gasteiger partial charge in [0.25, 0.3) is 5.91 Å². The number of hydrogen-bond acceptors (Lipinski definition) is 5. The van der Waals surface area contributed by atoms with Crippen molar-refractivity contribution in [1.29, 1.82) is 0 Å². The van der Waals surface area contributed by atoms with Gasteiger partial charge in [-0.3, -0.25) is 10.2 Å². The highest BCUT2D eigenvalue weighted by Gasteiger charge is 2.07. The van der Waals surface area contributed by atoms with E-state index >= 15 is 0 Å². The molecule has 158 valence electrons. The molecule has 0 fully saturated rings. The van der Waals surface area contributed by atoms with E-state index in [4.69, 9.17) is 0 Å². The number of aliphatic imine (C=N–C) groups is 1. The van der Waals surface area contributed by atoms with Gasteiger partial charge in [0.1, 0.15) is 5.71 Å². The van der Waals surface area contributed by atoms with Gasteiger partial charge in [-0.25, -0.2) is 0 Å². The zero-order valence-corrected chi connectivity index (χ0v) is 18.8. The number of nitrogens with zero attached hydrogens (tertiary/aromatic N) is 4. The molecule has 0 bridgehead atoms. The number of rotatable bonds is 5. The maximum absolute atomic E-state index is 11.7. The average molecular weight is 398 g/mol. The standard InChI is InChI=1S/C19H24N4O.C2H5N.C2H6/c1-15-6-5-12-23(14-15)13-11-17-7-9-18(10-8-17)21-20-16(2)19(24)22(3)4;1-3-2;1-2/h5-11,13-14,21H,12H2,1-4H3;1H2,2H3;1-2H3/b13-11+,20-16?;;. The number of amides is 1. The van der Waals surface area contributed by atoms with Crippen LogP contribution in [0.1, 0.15) is 33.3 Å². The molecule has 29 heavy (non-hydrogen) atoms. The first-order chi connectivity index (χ1) is 13.9. The maximum Gasteiger partial charge on any atom is 0.269 e. The van der Waals surface area contributed by atoms with Crippen LogP contribution in [0.4, 0.5) is 5.69 Å². The van der Waals surface area contributed by atoms with Gasteiger partial charge in [0, 0.05) is 40.1 Å². The Balaban J connectivity index is 0.00000143. The number of allylic oxidation sites excluding steroid dienone is 2. The second-order valence-electron chi connectivity index (χ2n) is 6.23. The van der Waals surface area contributed by atoms with Gasteiger partial charge in [-0.15, -0.1) is 0 Å². The third-order valence-electron chi connectivity index (χ3n) is 3.50. The summed E-state index contributed by atoms with van der Waals surface area (Å²) in [6.07, 6.45) is 10.5. The smallest absolute Gasteiger partial charge is 0.269 e. The molecule has 0 aromatic heterocycles. The predicted octanol–water partition coefficient (Wildman–Crippen LogP) is 4.65. The molecule has 6 nitrogen and oxygen atoms in total. The molecule has 1 N–H and O–H groups in total. The summed E-state index contributed by atoms with van der Waals surface area (Å²) in [4.78, 5) is 18.6. The molecule has 1 aromatic rings. The molecule has 0 atom stereocenters. The lowest BCUT2D eigenvalue weighted by Gasteiger charge is -2.17. The molecule has 0 saturated carbocycles. The Morgan fingerprint density at radius 2 is 1.83 bits per heavy atom. The first-order valence-electron chi connectivity index (χ1n) is 9.63. The van der Waals surface area contributed by atoms with Gasteiger partial charge in [0.15, 0.2) is 0 Å². The van der Waals surface area contributed by atoms with Gasteiger partial charge in [0.2, 0.25) is 0 Å². The third-order valence-corrected chi connectivity index (χ3v) is 3.50. The highest BCUT2D eigenvalue weighted by atomic mass is 16.2. The Morgan fingerprint density at radius 3 is 2.34 bits per heavy atom. The number of anilines is 1. The van der Waals surface area contributed by atoms with Crippen LogP contribution < -0.4 is 5.43 Å². The van der Waals surface area contributed by atoms with Crippen molar-refractivity contribution in [3.05, 3.63) is 60.0 Å². The molecule has 0 spiro atoms. The molecular weight excluding hydrogens is 362 g/mol. The molecule has 1 heterocycles. The van der Waals surface area contributed by atoms with Crippen LogP contribution in [0.25, 0.3) is 6.08 Å². The topological polar surface area (TPSA) is 60.3 Å². The van der Waals surface area contributed by atoms with E-state index < -0.39 is 0 Å². The van der Waals surface area contributed by atoms with E-state index in [1.54, 1.807) is 28.1 Å². The van der Waals surface area contributed by atoms with Crippen molar-refractivity contribution in [2.45, 2.75) is 27.7 Å². The summed E-state index contributed by atoms with van der Waals surface area (Å²) in [6, 6.07) is 7.89. The monoisotopic (exact) mass is 397 g/mol. The average Bonchev–Trinajstić information content (AvgIpc) is 2.72. The van der Waals surface area contributed by atoms with Crippen molar-refractivity contribution in [3.63, 3.8) is 0 Å². The Kier molecular flexibility index (Phi) is 13.2. The minimum absolute atomic E-state index is 0.110. The number of benzene rings is 1. The van der Waals surface area contributed by atoms with Crippen molar-refractivity contribution in [2.75, 3.05) is 33.1 Å². The second-order valence-corrected chi connectivity index (χ2v) is 6.23. The van der Waals surface area contributed by atoms with Crippen molar-refractivity contribution < 1.29 is 4.79 Å². The van der Waals surface area contributed by atoms with Gasteiger partial charge >= 0.3 is 0 Å². The van der Waals surface area contributed by atoms with Crippen LogP contribution in [0.15, 0.2) is 64.5 Å². The number of carbonyl (C=O) groups is 1. The summed E-state index contributed by atoms with van der Waals surface area (Å²) in [5.74, 6) is -0.110. The molecule has 1 aliphatic rings. The van der Waals surface area contributed by atoms with E-state index in [-0.39, 0.29) is 5.91 Å². The fraction of sp³-hybridized carbons (Fsp3) is 0.348. The number of hydrogen-bond donors (Lipinski definition) is 1. The quantitative estimate of drug-likeness (QED) is 0.581. The summed E-state index contributed by atoms with van der Waals surface area (Å²) in [5.41, 5.74) is 6.51. The normalized spacial score (nSPS) is 12.9. The fourth-order valence-corrected chi connectivity index (χ4v) is 2.19. The van der Waals surface area contributed by atoms with E-state index in [9.17, 15) is 4.79 Å². The summed E-state index contributed by atoms with van der Waals surface area (Å²) in [7, 11) is 5.05. The summed E-state index contributed by atoms with van der Waals surface area (Å²) >= 11 is 0. The van der Waals surface area contributed by atoms with Gasteiger partial charge in [-0.2, -0.15) is 5.10 Å². The van der Waals surface area contributed by atoms with E-state index in [1.165, 1.54) is 10.5 Å². The molecular formula is C23H35N5O. The molecule has 1 aromatic carbocycles. The van der Waals surface area contributed by atoms with Crippen LogP contribution in [-0.4, -0.2) is 55.8 Å². The molecule has 1 amide bonds. The van der Waals surface area contributed by atoms with Crippen LogP contribution in [-0.2, 0) is 4.79 Å². The number of nitrogens with one attached hydrogen (secondary N) is 1. The first-order valence-corrected chi connectivity index (χ1v) is 9.63. The zero-order valence-electron chi connectivity index (χ0n) is 18.8. The van der Waals surface area contributed by atoms with E-state index in [1.807, 2.05) is 38.1 Å². The maximum atomic E-state index is 11.7. The van der Waals surface area contributed by atoms with Crippen molar-refractivity contribution in [3.8, 4) is 0 Å². The van der Waals surface area contributed by atoms with Crippen LogP contribution in [0.5, 0.6) is 0 Å². The summed E-state index contributed by atoms with van der Waals surface area (Å²) < 4.78 is 0. The predicted molar refractivity (Wildman–Crippen MR) is 127 cm³/mol. The van der Waals surface area contributed by atoms with Crippen molar-refractivity contribution >= 4 is 30.1 Å². The molecule has 0 unspecified atom stereocenters. The molecule has 1 aliphatic heterocycles. The number of hydrazone groups is 1. The van der Waals surface area contributed by atoms with E-state index in [0.29, 0.717) is 5.71 Å². The van der Waals surface area contributed by atoms with Gasteiger partial charge < -0.3 is 14.8 Å². The van der Waals surface area contributed by atoms with Crippen molar-refractivity contribution in [2.24, 2.45) is 10.1 Å². The summed E-state index contributed by atoms with van der Waals surface area (Å²) in [6.45, 7) is 11.8. The minimum atomic E-state index is -0.110.